The lowest BCUT2D eigenvalue weighted by molar-refractivity contribution is -0.138. The molecule has 0 aliphatic carbocycles. The Morgan fingerprint density at radius 2 is 2.00 bits per heavy atom. The molecule has 94 valence electrons. The van der Waals surface area contributed by atoms with Gasteiger partial charge in [-0.2, -0.15) is 13.2 Å². The van der Waals surface area contributed by atoms with Crippen molar-refractivity contribution in [2.24, 2.45) is 0 Å². The van der Waals surface area contributed by atoms with Gasteiger partial charge in [0.05, 0.1) is 11.4 Å². The molecule has 0 aromatic heterocycles. The third-order valence-electron chi connectivity index (χ3n) is 2.47. The second-order valence-corrected chi connectivity index (χ2v) is 3.91. The number of hydrogen-bond donors (Lipinski definition) is 0. The molecule has 0 atom stereocenters. The van der Waals surface area contributed by atoms with E-state index in [9.17, 15) is 18.0 Å². The number of benzene rings is 1. The van der Waals surface area contributed by atoms with Crippen LogP contribution in [0.1, 0.15) is 23.6 Å². The summed E-state index contributed by atoms with van der Waals surface area (Å²) in [5.74, 6) is -0.458. The van der Waals surface area contributed by atoms with Gasteiger partial charge in [0.2, 0.25) is 0 Å². The molecule has 0 fully saturated rings. The van der Waals surface area contributed by atoms with Crippen LogP contribution >= 0.6 is 11.6 Å². The Balaban J connectivity index is 3.19. The Bertz CT molecular complexity index is 413. The first-order chi connectivity index (χ1) is 7.90. The average Bonchev–Trinajstić information content (AvgIpc) is 2.27. The van der Waals surface area contributed by atoms with Crippen molar-refractivity contribution in [3.8, 4) is 0 Å². The second kappa shape index (κ2) is 5.54. The van der Waals surface area contributed by atoms with E-state index in [1.165, 1.54) is 6.07 Å². The molecule has 1 rings (SSSR count). The lowest BCUT2D eigenvalue weighted by Gasteiger charge is -2.15. The summed E-state index contributed by atoms with van der Waals surface area (Å²) in [4.78, 5) is 11.2. The highest BCUT2D eigenvalue weighted by Gasteiger charge is 2.33. The number of rotatable bonds is 4. The van der Waals surface area contributed by atoms with Crippen LogP contribution in [-0.2, 0) is 23.8 Å². The third-order valence-corrected chi connectivity index (χ3v) is 2.77. The first kappa shape index (κ1) is 14.0. The number of ketones is 1. The molecular formula is C12H12ClF3O. The maximum atomic E-state index is 12.7. The maximum absolute atomic E-state index is 12.7. The van der Waals surface area contributed by atoms with Crippen molar-refractivity contribution >= 4 is 17.4 Å². The van der Waals surface area contributed by atoms with Crippen LogP contribution in [0.2, 0.25) is 0 Å². The van der Waals surface area contributed by atoms with Gasteiger partial charge in [0.1, 0.15) is 0 Å². The summed E-state index contributed by atoms with van der Waals surface area (Å²) in [5, 5.41) is 0. The lowest BCUT2D eigenvalue weighted by atomic mass is 9.95. The van der Waals surface area contributed by atoms with Crippen molar-refractivity contribution in [2.45, 2.75) is 25.9 Å². The molecule has 1 aromatic carbocycles. The van der Waals surface area contributed by atoms with Gasteiger partial charge in [-0.1, -0.05) is 19.1 Å². The van der Waals surface area contributed by atoms with E-state index < -0.39 is 11.7 Å². The van der Waals surface area contributed by atoms with E-state index in [1.807, 2.05) is 0 Å². The van der Waals surface area contributed by atoms with Gasteiger partial charge in [0.25, 0.3) is 0 Å². The fraction of sp³-hybridized carbons (Fsp3) is 0.417. The van der Waals surface area contributed by atoms with Crippen LogP contribution in [0.25, 0.3) is 0 Å². The second-order valence-electron chi connectivity index (χ2n) is 3.64. The lowest BCUT2D eigenvalue weighted by Crippen LogP contribution is -2.13. The van der Waals surface area contributed by atoms with Crippen LogP contribution < -0.4 is 0 Å². The van der Waals surface area contributed by atoms with E-state index in [4.69, 9.17) is 11.6 Å². The Morgan fingerprint density at radius 3 is 2.47 bits per heavy atom. The van der Waals surface area contributed by atoms with Crippen LogP contribution in [0.3, 0.4) is 0 Å². The van der Waals surface area contributed by atoms with E-state index in [0.717, 1.165) is 6.07 Å². The number of halogens is 4. The molecule has 0 N–H and O–H groups in total. The van der Waals surface area contributed by atoms with Crippen LogP contribution in [0.4, 0.5) is 13.2 Å². The minimum Gasteiger partial charge on any atom is -0.298 e. The Labute approximate surface area is 103 Å². The quantitative estimate of drug-likeness (QED) is 0.759. The first-order valence-electron chi connectivity index (χ1n) is 5.15. The standard InChI is InChI=1S/C12H12ClF3O/c1-2-10-8(6-9(17)7-13)4-3-5-11(10)12(14,15)16/h3-5H,2,6-7H2,1H3. The van der Waals surface area contributed by atoms with Crippen molar-refractivity contribution in [3.05, 3.63) is 34.9 Å². The van der Waals surface area contributed by atoms with Gasteiger partial charge in [-0.3, -0.25) is 4.79 Å². The summed E-state index contributed by atoms with van der Waals surface area (Å²) >= 11 is 5.36. The zero-order chi connectivity index (χ0) is 13.1. The minimum absolute atomic E-state index is 0.0450. The fourth-order valence-corrected chi connectivity index (χ4v) is 1.84. The summed E-state index contributed by atoms with van der Waals surface area (Å²) in [6.45, 7) is 1.64. The number of carbonyl (C=O) groups excluding carboxylic acids is 1. The van der Waals surface area contributed by atoms with Crippen molar-refractivity contribution < 1.29 is 18.0 Å². The van der Waals surface area contributed by atoms with Gasteiger partial charge in [0.15, 0.2) is 5.78 Å². The topological polar surface area (TPSA) is 17.1 Å². The van der Waals surface area contributed by atoms with Crippen LogP contribution in [0.15, 0.2) is 18.2 Å². The molecule has 0 aliphatic heterocycles. The highest BCUT2D eigenvalue weighted by Crippen LogP contribution is 2.33. The van der Waals surface area contributed by atoms with Gasteiger partial charge >= 0.3 is 6.18 Å². The molecule has 0 saturated heterocycles. The molecule has 0 bridgehead atoms. The molecule has 0 radical (unpaired) electrons. The van der Waals surface area contributed by atoms with Crippen molar-refractivity contribution in [1.29, 1.82) is 0 Å². The summed E-state index contributed by atoms with van der Waals surface area (Å²) in [7, 11) is 0. The number of Topliss-reactive ketones (excluding diaryl/α,β-unsaturated/α-hetero) is 1. The van der Waals surface area contributed by atoms with Crippen molar-refractivity contribution in [1.82, 2.24) is 0 Å². The SMILES string of the molecule is CCc1c(CC(=O)CCl)cccc1C(F)(F)F. The molecule has 0 spiro atoms. The third kappa shape index (κ3) is 3.46. The molecule has 0 saturated carbocycles. The Hall–Kier alpha value is -1.03. The molecule has 0 heterocycles. The Morgan fingerprint density at radius 1 is 1.35 bits per heavy atom. The number of carbonyl (C=O) groups is 1. The highest BCUT2D eigenvalue weighted by molar-refractivity contribution is 6.27. The molecule has 0 amide bonds. The van der Waals surface area contributed by atoms with E-state index in [-0.39, 0.29) is 30.1 Å². The molecule has 1 aromatic rings. The van der Waals surface area contributed by atoms with Crippen LogP contribution in [0, 0.1) is 0 Å². The minimum atomic E-state index is -4.38. The van der Waals surface area contributed by atoms with E-state index >= 15 is 0 Å². The van der Waals surface area contributed by atoms with E-state index in [0.29, 0.717) is 5.56 Å². The zero-order valence-electron chi connectivity index (χ0n) is 9.27. The van der Waals surface area contributed by atoms with Gasteiger partial charge < -0.3 is 0 Å². The fourth-order valence-electron chi connectivity index (χ4n) is 1.74. The largest absolute Gasteiger partial charge is 0.416 e. The van der Waals surface area contributed by atoms with Crippen molar-refractivity contribution in [2.75, 3.05) is 5.88 Å². The molecule has 17 heavy (non-hydrogen) atoms. The molecule has 1 nitrogen and oxygen atoms in total. The summed E-state index contributed by atoms with van der Waals surface area (Å²) in [5.41, 5.74) is -0.0775. The summed E-state index contributed by atoms with van der Waals surface area (Å²) in [6, 6.07) is 3.89. The van der Waals surface area contributed by atoms with E-state index in [2.05, 4.69) is 0 Å². The predicted octanol–water partition coefficient (Wildman–Crippen LogP) is 3.62. The summed E-state index contributed by atoms with van der Waals surface area (Å²) < 4.78 is 38.2. The van der Waals surface area contributed by atoms with Gasteiger partial charge in [-0.15, -0.1) is 11.6 Å². The van der Waals surface area contributed by atoms with Gasteiger partial charge in [-0.05, 0) is 23.6 Å². The van der Waals surface area contributed by atoms with Gasteiger partial charge in [0, 0.05) is 6.42 Å². The predicted molar refractivity (Wildman–Crippen MR) is 60.3 cm³/mol. The maximum Gasteiger partial charge on any atom is 0.416 e. The number of hydrogen-bond acceptors (Lipinski definition) is 1. The van der Waals surface area contributed by atoms with Crippen LogP contribution in [-0.4, -0.2) is 11.7 Å². The highest BCUT2D eigenvalue weighted by atomic mass is 35.5. The molecular weight excluding hydrogens is 253 g/mol. The molecule has 0 aliphatic rings. The molecule has 0 unspecified atom stereocenters. The van der Waals surface area contributed by atoms with E-state index in [1.54, 1.807) is 13.0 Å². The Kier molecular flexibility index (Phi) is 4.57. The van der Waals surface area contributed by atoms with Crippen LogP contribution in [0.5, 0.6) is 0 Å². The average molecular weight is 265 g/mol. The van der Waals surface area contributed by atoms with Gasteiger partial charge in [-0.25, -0.2) is 0 Å². The van der Waals surface area contributed by atoms with Crippen molar-refractivity contribution in [3.63, 3.8) is 0 Å². The monoisotopic (exact) mass is 264 g/mol. The normalized spacial score (nSPS) is 11.6. The smallest absolute Gasteiger partial charge is 0.298 e. The summed E-state index contributed by atoms with van der Waals surface area (Å²) in [6.07, 6.45) is -4.19. The molecule has 5 heteroatoms. The zero-order valence-corrected chi connectivity index (χ0v) is 10.0. The number of alkyl halides is 4. The first-order valence-corrected chi connectivity index (χ1v) is 5.69.